The first kappa shape index (κ1) is 10.7. The van der Waals surface area contributed by atoms with Crippen LogP contribution in [0.5, 0.6) is 0 Å². The van der Waals surface area contributed by atoms with Gasteiger partial charge in [-0.3, -0.25) is 4.99 Å². The zero-order valence-corrected chi connectivity index (χ0v) is 9.34. The fraction of sp³-hybridized carbons (Fsp3) is 0.917. The zero-order chi connectivity index (χ0) is 9.68. The van der Waals surface area contributed by atoms with Crippen molar-refractivity contribution in [3.05, 3.63) is 0 Å². The molecule has 0 aliphatic heterocycles. The molecule has 0 saturated heterocycles. The number of aliphatic imine (C=N–C) groups is 1. The van der Waals surface area contributed by atoms with Crippen molar-refractivity contribution in [1.29, 1.82) is 0 Å². The van der Waals surface area contributed by atoms with Crippen LogP contribution < -0.4 is 0 Å². The van der Waals surface area contributed by atoms with Crippen LogP contribution in [-0.4, -0.2) is 12.3 Å². The highest BCUT2D eigenvalue weighted by Gasteiger charge is 2.20. The molecule has 1 fully saturated rings. The van der Waals surface area contributed by atoms with Crippen molar-refractivity contribution in [2.75, 3.05) is 6.54 Å². The lowest BCUT2D eigenvalue weighted by Crippen LogP contribution is -2.20. The third-order valence-electron chi connectivity index (χ3n) is 3.26. The van der Waals surface area contributed by atoms with Crippen molar-refractivity contribution in [1.82, 2.24) is 0 Å². The number of nitrogens with zero attached hydrogens (tertiary/aromatic N) is 1. The first-order chi connectivity index (χ1) is 6.24. The molecule has 0 aromatic rings. The summed E-state index contributed by atoms with van der Waals surface area (Å²) < 4.78 is 0. The van der Waals surface area contributed by atoms with Crippen molar-refractivity contribution in [2.24, 2.45) is 16.8 Å². The summed E-state index contributed by atoms with van der Waals surface area (Å²) in [7, 11) is 0. The monoisotopic (exact) mass is 181 g/mol. The Kier molecular flexibility index (Phi) is 4.47. The molecule has 0 bridgehead atoms. The lowest BCUT2D eigenvalue weighted by Gasteiger charge is -2.26. The number of hydrogen-bond donors (Lipinski definition) is 0. The standard InChI is InChI=1S/C12H23N/c1-4-5-8-13-12-7-6-10(2)11(3)9-12/h10-11H,4-9H2,1-3H3. The predicted octanol–water partition coefficient (Wildman–Crippen LogP) is 3.68. The van der Waals surface area contributed by atoms with Gasteiger partial charge in [0.2, 0.25) is 0 Å². The van der Waals surface area contributed by atoms with Crippen LogP contribution in [0.15, 0.2) is 4.99 Å². The molecule has 1 saturated carbocycles. The SMILES string of the molecule is CCCCN=C1CCC(C)C(C)C1. The van der Waals surface area contributed by atoms with Gasteiger partial charge in [0.25, 0.3) is 0 Å². The normalized spacial score (nSPS) is 32.4. The molecule has 13 heavy (non-hydrogen) atoms. The van der Waals surface area contributed by atoms with Crippen molar-refractivity contribution in [3.8, 4) is 0 Å². The second-order valence-corrected chi connectivity index (χ2v) is 4.50. The largest absolute Gasteiger partial charge is 0.294 e. The van der Waals surface area contributed by atoms with Gasteiger partial charge in [0.15, 0.2) is 0 Å². The van der Waals surface area contributed by atoms with Crippen LogP contribution in [0.3, 0.4) is 0 Å². The van der Waals surface area contributed by atoms with E-state index < -0.39 is 0 Å². The number of hydrogen-bond acceptors (Lipinski definition) is 1. The number of rotatable bonds is 3. The first-order valence-corrected chi connectivity index (χ1v) is 5.76. The lowest BCUT2D eigenvalue weighted by molar-refractivity contribution is 0.354. The minimum atomic E-state index is 0.856. The topological polar surface area (TPSA) is 12.4 Å². The minimum Gasteiger partial charge on any atom is -0.294 e. The van der Waals surface area contributed by atoms with Gasteiger partial charge < -0.3 is 0 Å². The fourth-order valence-electron chi connectivity index (χ4n) is 1.89. The smallest absolute Gasteiger partial charge is 0.0388 e. The maximum Gasteiger partial charge on any atom is 0.0388 e. The summed E-state index contributed by atoms with van der Waals surface area (Å²) in [4.78, 5) is 4.67. The van der Waals surface area contributed by atoms with Crippen molar-refractivity contribution < 1.29 is 0 Å². The summed E-state index contributed by atoms with van der Waals surface area (Å²) in [5.41, 5.74) is 1.49. The molecule has 76 valence electrons. The van der Waals surface area contributed by atoms with E-state index in [0.717, 1.165) is 18.4 Å². The molecule has 1 rings (SSSR count). The van der Waals surface area contributed by atoms with Crippen molar-refractivity contribution in [3.63, 3.8) is 0 Å². The van der Waals surface area contributed by atoms with E-state index in [1.54, 1.807) is 0 Å². The second-order valence-electron chi connectivity index (χ2n) is 4.50. The molecule has 1 aliphatic carbocycles. The van der Waals surface area contributed by atoms with E-state index in [1.165, 1.54) is 37.8 Å². The quantitative estimate of drug-likeness (QED) is 0.589. The van der Waals surface area contributed by atoms with E-state index in [9.17, 15) is 0 Å². The Morgan fingerprint density at radius 1 is 1.31 bits per heavy atom. The van der Waals surface area contributed by atoms with E-state index in [2.05, 4.69) is 25.8 Å². The molecule has 2 atom stereocenters. The molecule has 0 spiro atoms. The van der Waals surface area contributed by atoms with Crippen LogP contribution in [0.2, 0.25) is 0 Å². The van der Waals surface area contributed by atoms with Gasteiger partial charge in [-0.05, 0) is 37.5 Å². The van der Waals surface area contributed by atoms with Crippen LogP contribution >= 0.6 is 0 Å². The fourth-order valence-corrected chi connectivity index (χ4v) is 1.89. The molecule has 1 heteroatoms. The molecular weight excluding hydrogens is 158 g/mol. The second kappa shape index (κ2) is 5.41. The summed E-state index contributed by atoms with van der Waals surface area (Å²) >= 11 is 0. The Labute approximate surface area is 82.6 Å². The molecule has 1 aliphatic rings. The third kappa shape index (κ3) is 3.50. The van der Waals surface area contributed by atoms with Crippen LogP contribution in [0.25, 0.3) is 0 Å². The Morgan fingerprint density at radius 3 is 2.69 bits per heavy atom. The van der Waals surface area contributed by atoms with Gasteiger partial charge >= 0.3 is 0 Å². The van der Waals surface area contributed by atoms with E-state index in [-0.39, 0.29) is 0 Å². The number of unbranched alkanes of at least 4 members (excludes halogenated alkanes) is 1. The Hall–Kier alpha value is -0.330. The zero-order valence-electron chi connectivity index (χ0n) is 9.34. The minimum absolute atomic E-state index is 0.856. The highest BCUT2D eigenvalue weighted by molar-refractivity contribution is 5.85. The lowest BCUT2D eigenvalue weighted by atomic mass is 9.81. The van der Waals surface area contributed by atoms with Gasteiger partial charge in [-0.15, -0.1) is 0 Å². The van der Waals surface area contributed by atoms with Crippen LogP contribution in [0, 0.1) is 11.8 Å². The Bertz CT molecular complexity index is 172. The van der Waals surface area contributed by atoms with Gasteiger partial charge in [0, 0.05) is 12.3 Å². The van der Waals surface area contributed by atoms with Gasteiger partial charge in [-0.2, -0.15) is 0 Å². The van der Waals surface area contributed by atoms with E-state index >= 15 is 0 Å². The maximum absolute atomic E-state index is 4.67. The molecule has 0 heterocycles. The highest BCUT2D eigenvalue weighted by Crippen LogP contribution is 2.27. The third-order valence-corrected chi connectivity index (χ3v) is 3.26. The summed E-state index contributed by atoms with van der Waals surface area (Å²) in [6, 6.07) is 0. The first-order valence-electron chi connectivity index (χ1n) is 5.76. The molecule has 0 aromatic heterocycles. The van der Waals surface area contributed by atoms with Gasteiger partial charge in [-0.25, -0.2) is 0 Å². The predicted molar refractivity (Wildman–Crippen MR) is 59.4 cm³/mol. The summed E-state index contributed by atoms with van der Waals surface area (Å²) in [5, 5.41) is 0. The highest BCUT2D eigenvalue weighted by atomic mass is 14.7. The van der Waals surface area contributed by atoms with Crippen LogP contribution in [-0.2, 0) is 0 Å². The van der Waals surface area contributed by atoms with Gasteiger partial charge in [0.1, 0.15) is 0 Å². The summed E-state index contributed by atoms with van der Waals surface area (Å²) in [5.74, 6) is 1.76. The maximum atomic E-state index is 4.67. The van der Waals surface area contributed by atoms with Gasteiger partial charge in [0.05, 0.1) is 0 Å². The molecule has 0 radical (unpaired) electrons. The molecular formula is C12H23N. The Balaban J connectivity index is 2.32. The van der Waals surface area contributed by atoms with Crippen LogP contribution in [0.1, 0.15) is 52.9 Å². The van der Waals surface area contributed by atoms with E-state index in [4.69, 9.17) is 0 Å². The van der Waals surface area contributed by atoms with Crippen molar-refractivity contribution in [2.45, 2.75) is 52.9 Å². The van der Waals surface area contributed by atoms with Gasteiger partial charge in [-0.1, -0.05) is 27.2 Å². The Morgan fingerprint density at radius 2 is 2.08 bits per heavy atom. The molecule has 1 nitrogen and oxygen atoms in total. The molecule has 0 N–H and O–H groups in total. The summed E-state index contributed by atoms with van der Waals surface area (Å²) in [6.07, 6.45) is 6.39. The molecule has 2 unspecified atom stereocenters. The van der Waals surface area contributed by atoms with Crippen molar-refractivity contribution >= 4 is 5.71 Å². The molecule has 0 aromatic carbocycles. The average molecular weight is 181 g/mol. The summed E-state index contributed by atoms with van der Waals surface area (Å²) in [6.45, 7) is 8.02. The average Bonchev–Trinajstić information content (AvgIpc) is 2.12. The van der Waals surface area contributed by atoms with Crippen LogP contribution in [0.4, 0.5) is 0 Å². The molecule has 0 amide bonds. The van der Waals surface area contributed by atoms with E-state index in [1.807, 2.05) is 0 Å². The van der Waals surface area contributed by atoms with E-state index in [0.29, 0.717) is 0 Å².